The summed E-state index contributed by atoms with van der Waals surface area (Å²) >= 11 is 0. The summed E-state index contributed by atoms with van der Waals surface area (Å²) in [4.78, 5) is 0. The van der Waals surface area contributed by atoms with Gasteiger partial charge in [0, 0.05) is 12.5 Å². The molecule has 3 rings (SSSR count). The quantitative estimate of drug-likeness (QED) is 0.453. The zero-order chi connectivity index (χ0) is 22.1. The van der Waals surface area contributed by atoms with E-state index in [1.165, 1.54) is 5.57 Å². The first-order valence-electron chi connectivity index (χ1n) is 10.6. The van der Waals surface area contributed by atoms with Gasteiger partial charge in [0.25, 0.3) is 0 Å². The third-order valence-corrected chi connectivity index (χ3v) is 5.07. The third kappa shape index (κ3) is 6.20. The fourth-order valence-electron chi connectivity index (χ4n) is 3.32. The molecule has 3 aromatic carbocycles. The van der Waals surface area contributed by atoms with E-state index in [0.29, 0.717) is 6.61 Å². The van der Waals surface area contributed by atoms with Crippen molar-refractivity contribution in [1.82, 2.24) is 0 Å². The molecule has 0 saturated heterocycles. The van der Waals surface area contributed by atoms with Crippen molar-refractivity contribution >= 4 is 11.1 Å². The molecule has 0 aliphatic carbocycles. The highest BCUT2D eigenvalue weighted by Gasteiger charge is 2.12. The van der Waals surface area contributed by atoms with Crippen LogP contribution in [0.15, 0.2) is 78.9 Å². The van der Waals surface area contributed by atoms with Crippen LogP contribution in [0, 0.1) is 5.92 Å². The van der Waals surface area contributed by atoms with E-state index in [2.05, 4.69) is 31.2 Å². The normalized spacial score (nSPS) is 12.8. The molecule has 162 valence electrons. The maximum Gasteiger partial charge on any atom is 0.119 e. The molecule has 0 fully saturated rings. The Morgan fingerprint density at radius 1 is 0.742 bits per heavy atom. The van der Waals surface area contributed by atoms with Crippen molar-refractivity contribution in [3.05, 3.63) is 95.6 Å². The summed E-state index contributed by atoms with van der Waals surface area (Å²) in [6.45, 7) is 4.95. The molecule has 0 spiro atoms. The minimum atomic E-state index is -0.00841. The maximum atomic E-state index is 9.18. The van der Waals surface area contributed by atoms with Gasteiger partial charge in [0.1, 0.15) is 18.1 Å². The number of aliphatic hydroxyl groups excluding tert-OH is 2. The molecule has 0 amide bonds. The third-order valence-electron chi connectivity index (χ3n) is 5.07. The Balaban J connectivity index is 1.95. The van der Waals surface area contributed by atoms with Crippen LogP contribution in [0.4, 0.5) is 0 Å². The fraction of sp³-hybridized carbons (Fsp3) is 0.259. The summed E-state index contributed by atoms with van der Waals surface area (Å²) < 4.78 is 11.3. The van der Waals surface area contributed by atoms with Crippen LogP contribution in [0.2, 0.25) is 0 Å². The summed E-state index contributed by atoms with van der Waals surface area (Å²) in [5.41, 5.74) is 5.64. The van der Waals surface area contributed by atoms with Crippen molar-refractivity contribution in [3.8, 4) is 11.5 Å². The number of rotatable bonds is 10. The second-order valence-corrected chi connectivity index (χ2v) is 7.59. The number of ether oxygens (including phenoxy) is 2. The molecule has 4 heteroatoms. The first-order chi connectivity index (χ1) is 15.1. The van der Waals surface area contributed by atoms with Gasteiger partial charge in [0.15, 0.2) is 0 Å². The first kappa shape index (κ1) is 22.6. The smallest absolute Gasteiger partial charge is 0.119 e. The average Bonchev–Trinajstić information content (AvgIpc) is 2.83. The molecule has 0 bridgehead atoms. The highest BCUT2D eigenvalue weighted by atomic mass is 16.5. The lowest BCUT2D eigenvalue weighted by atomic mass is 9.90. The largest absolute Gasteiger partial charge is 0.493 e. The molecule has 2 N–H and O–H groups in total. The zero-order valence-corrected chi connectivity index (χ0v) is 18.1. The van der Waals surface area contributed by atoms with Crippen molar-refractivity contribution in [2.75, 3.05) is 26.4 Å². The van der Waals surface area contributed by atoms with Gasteiger partial charge in [0.2, 0.25) is 0 Å². The lowest BCUT2D eigenvalue weighted by Crippen LogP contribution is -2.12. The maximum absolute atomic E-state index is 9.18. The minimum Gasteiger partial charge on any atom is -0.493 e. The Hall–Kier alpha value is -3.08. The molecule has 0 aromatic heterocycles. The minimum absolute atomic E-state index is 0.00841. The second kappa shape index (κ2) is 11.3. The molecule has 3 aromatic rings. The van der Waals surface area contributed by atoms with E-state index in [1.807, 2.05) is 61.5 Å². The topological polar surface area (TPSA) is 58.9 Å². The lowest BCUT2D eigenvalue weighted by molar-refractivity contribution is 0.174. The second-order valence-electron chi connectivity index (χ2n) is 7.59. The van der Waals surface area contributed by atoms with E-state index in [1.54, 1.807) is 0 Å². The van der Waals surface area contributed by atoms with Gasteiger partial charge in [-0.3, -0.25) is 0 Å². The van der Waals surface area contributed by atoms with Crippen LogP contribution in [0.5, 0.6) is 11.5 Å². The van der Waals surface area contributed by atoms with Gasteiger partial charge >= 0.3 is 0 Å². The molecule has 0 aliphatic heterocycles. The van der Waals surface area contributed by atoms with Gasteiger partial charge in [-0.1, -0.05) is 61.5 Å². The van der Waals surface area contributed by atoms with Crippen molar-refractivity contribution in [2.45, 2.75) is 13.8 Å². The van der Waals surface area contributed by atoms with Crippen LogP contribution >= 0.6 is 0 Å². The molecule has 0 saturated carbocycles. The highest BCUT2D eigenvalue weighted by molar-refractivity contribution is 5.97. The Kier molecular flexibility index (Phi) is 8.27. The van der Waals surface area contributed by atoms with Crippen molar-refractivity contribution in [2.24, 2.45) is 5.92 Å². The van der Waals surface area contributed by atoms with E-state index < -0.39 is 0 Å². The van der Waals surface area contributed by atoms with Gasteiger partial charge in [0.05, 0.1) is 13.2 Å². The van der Waals surface area contributed by atoms with Gasteiger partial charge in [-0.05, 0) is 59.0 Å². The number of aliphatic hydroxyl groups is 2. The predicted molar refractivity (Wildman–Crippen MR) is 125 cm³/mol. The number of hydrogen-bond acceptors (Lipinski definition) is 4. The molecule has 0 heterocycles. The summed E-state index contributed by atoms with van der Waals surface area (Å²) in [5, 5.41) is 18.2. The first-order valence-corrected chi connectivity index (χ1v) is 10.6. The van der Waals surface area contributed by atoms with E-state index in [0.717, 1.165) is 33.8 Å². The summed E-state index contributed by atoms with van der Waals surface area (Å²) in [6, 6.07) is 26.3. The summed E-state index contributed by atoms with van der Waals surface area (Å²) in [5.74, 6) is 1.62. The van der Waals surface area contributed by atoms with E-state index in [9.17, 15) is 5.11 Å². The average molecular weight is 419 g/mol. The highest BCUT2D eigenvalue weighted by Crippen LogP contribution is 2.33. The van der Waals surface area contributed by atoms with Crippen molar-refractivity contribution in [1.29, 1.82) is 0 Å². The van der Waals surface area contributed by atoms with Crippen LogP contribution in [0.25, 0.3) is 11.1 Å². The zero-order valence-electron chi connectivity index (χ0n) is 18.1. The number of hydrogen-bond donors (Lipinski definition) is 2. The molecule has 1 atom stereocenters. The molecule has 1 unspecified atom stereocenters. The molecule has 0 radical (unpaired) electrons. The Morgan fingerprint density at radius 2 is 1.29 bits per heavy atom. The van der Waals surface area contributed by atoms with Gasteiger partial charge in [-0.25, -0.2) is 0 Å². The van der Waals surface area contributed by atoms with Crippen LogP contribution in [0.3, 0.4) is 0 Å². The summed E-state index contributed by atoms with van der Waals surface area (Å²) in [7, 11) is 0. The van der Waals surface area contributed by atoms with Gasteiger partial charge < -0.3 is 19.7 Å². The monoisotopic (exact) mass is 418 g/mol. The number of allylic oxidation sites excluding steroid dienone is 1. The molecule has 31 heavy (non-hydrogen) atoms. The molecular weight excluding hydrogens is 388 g/mol. The van der Waals surface area contributed by atoms with Crippen LogP contribution in [-0.2, 0) is 0 Å². The molecule has 4 nitrogen and oxygen atoms in total. The summed E-state index contributed by atoms with van der Waals surface area (Å²) in [6.07, 6.45) is 0. The van der Waals surface area contributed by atoms with Crippen LogP contribution in [-0.4, -0.2) is 36.6 Å². The fourth-order valence-corrected chi connectivity index (χ4v) is 3.32. The number of benzene rings is 3. The van der Waals surface area contributed by atoms with Crippen LogP contribution < -0.4 is 9.47 Å². The van der Waals surface area contributed by atoms with Gasteiger partial charge in [-0.15, -0.1) is 0 Å². The van der Waals surface area contributed by atoms with E-state index in [-0.39, 0.29) is 25.7 Å². The van der Waals surface area contributed by atoms with Crippen molar-refractivity contribution in [3.63, 3.8) is 0 Å². The molecular formula is C27H30O4. The predicted octanol–water partition coefficient (Wildman–Crippen LogP) is 5.04. The Morgan fingerprint density at radius 3 is 1.81 bits per heavy atom. The van der Waals surface area contributed by atoms with E-state index >= 15 is 0 Å². The lowest BCUT2D eigenvalue weighted by Gasteiger charge is -2.16. The van der Waals surface area contributed by atoms with E-state index in [4.69, 9.17) is 14.6 Å². The van der Waals surface area contributed by atoms with Gasteiger partial charge in [-0.2, -0.15) is 0 Å². The van der Waals surface area contributed by atoms with Crippen molar-refractivity contribution < 1.29 is 19.7 Å². The SMILES string of the molecule is C/C(=C(\c1ccc(OCCO)cc1)c1ccc(OCC(C)CO)cc1)c1ccccc1. The molecule has 0 aliphatic rings. The standard InChI is InChI=1S/C27H30O4/c1-20(18-29)19-31-26-14-10-24(11-15-26)27(21(2)22-6-4-3-5-7-22)23-8-12-25(13-9-23)30-17-16-28/h3-15,20,28-29H,16-19H2,1-2H3/b27-21-. The Labute approximate surface area is 184 Å². The van der Waals surface area contributed by atoms with Crippen LogP contribution in [0.1, 0.15) is 30.5 Å². The Bertz CT molecular complexity index is 960.